The van der Waals surface area contributed by atoms with Crippen LogP contribution in [0.5, 0.6) is 0 Å². The molecule has 9 N–H and O–H groups in total. The van der Waals surface area contributed by atoms with E-state index < -0.39 is 78.0 Å². The summed E-state index contributed by atoms with van der Waals surface area (Å²) >= 11 is 0. The van der Waals surface area contributed by atoms with E-state index in [0.29, 0.717) is 0 Å². The van der Waals surface area contributed by atoms with Crippen molar-refractivity contribution in [3.05, 3.63) is 0 Å². The van der Waals surface area contributed by atoms with Crippen LogP contribution in [-0.4, -0.2) is 69.9 Å². The van der Waals surface area contributed by atoms with Gasteiger partial charge in [0.25, 0.3) is 0 Å². The van der Waals surface area contributed by atoms with Crippen molar-refractivity contribution in [3.63, 3.8) is 0 Å². The van der Waals surface area contributed by atoms with E-state index >= 15 is 0 Å². The van der Waals surface area contributed by atoms with Crippen molar-refractivity contribution in [2.75, 3.05) is 0 Å². The first-order valence-corrected chi connectivity index (χ1v) is 10.1. The van der Waals surface area contributed by atoms with Crippen molar-refractivity contribution in [1.82, 2.24) is 16.0 Å². The van der Waals surface area contributed by atoms with Crippen molar-refractivity contribution in [1.29, 1.82) is 0 Å². The number of carbonyl (C=O) groups excluding carboxylic acids is 4. The molecule has 4 atom stereocenters. The molecule has 182 valence electrons. The van der Waals surface area contributed by atoms with Gasteiger partial charge in [0.1, 0.15) is 18.1 Å². The van der Waals surface area contributed by atoms with Gasteiger partial charge in [0.05, 0.1) is 12.5 Å². The number of rotatable bonds is 14. The van der Waals surface area contributed by atoms with E-state index in [1.807, 2.05) is 0 Å². The maximum Gasteiger partial charge on any atom is 0.326 e. The summed E-state index contributed by atoms with van der Waals surface area (Å²) in [5.41, 5.74) is 10.8. The zero-order valence-electron chi connectivity index (χ0n) is 18.6. The Morgan fingerprint density at radius 1 is 0.781 bits per heavy atom. The molecule has 4 amide bonds. The molecule has 0 saturated heterocycles. The Balaban J connectivity index is 5.41. The summed E-state index contributed by atoms with van der Waals surface area (Å²) in [7, 11) is 0. The van der Waals surface area contributed by atoms with Gasteiger partial charge in [-0.05, 0) is 18.3 Å². The third kappa shape index (κ3) is 10.2. The number of carboxylic acid groups (broad SMARTS) is 2. The van der Waals surface area contributed by atoms with Gasteiger partial charge in [-0.1, -0.05) is 27.7 Å². The zero-order chi connectivity index (χ0) is 25.2. The molecular weight excluding hydrogens is 426 g/mol. The van der Waals surface area contributed by atoms with Gasteiger partial charge in [-0.3, -0.25) is 24.0 Å². The number of aliphatic carboxylic acids is 2. The molecule has 0 spiro atoms. The van der Waals surface area contributed by atoms with Crippen LogP contribution >= 0.6 is 0 Å². The van der Waals surface area contributed by atoms with Crippen molar-refractivity contribution < 1.29 is 39.0 Å². The number of primary amides is 1. The molecule has 0 radical (unpaired) electrons. The van der Waals surface area contributed by atoms with Gasteiger partial charge in [-0.25, -0.2) is 4.79 Å². The predicted molar refractivity (Wildman–Crippen MR) is 112 cm³/mol. The standard InChI is InChI=1S/C19H33N5O8/c1-8(2)14(18(30)24-15(9(3)4)19(31)32)23-17(29)11(7-12(21)25)22-16(28)10(20)5-6-13(26)27/h8-11,14-15H,5-7,20H2,1-4H3,(H2,21,25)(H,22,28)(H,23,29)(H,24,30)(H,26,27)(H,31,32). The lowest BCUT2D eigenvalue weighted by atomic mass is 9.99. The summed E-state index contributed by atoms with van der Waals surface area (Å²) in [5.74, 6) is -6.74. The third-order valence-corrected chi connectivity index (χ3v) is 4.52. The molecule has 0 aromatic carbocycles. The molecule has 0 bridgehead atoms. The molecule has 32 heavy (non-hydrogen) atoms. The Bertz CT molecular complexity index is 725. The topological polar surface area (TPSA) is 231 Å². The second kappa shape index (κ2) is 13.2. The van der Waals surface area contributed by atoms with Gasteiger partial charge in [0.15, 0.2) is 0 Å². The van der Waals surface area contributed by atoms with Gasteiger partial charge in [0, 0.05) is 6.42 Å². The number of amides is 4. The first-order valence-electron chi connectivity index (χ1n) is 10.1. The highest BCUT2D eigenvalue weighted by Crippen LogP contribution is 2.08. The monoisotopic (exact) mass is 459 g/mol. The van der Waals surface area contributed by atoms with Crippen molar-refractivity contribution in [3.8, 4) is 0 Å². The largest absolute Gasteiger partial charge is 0.481 e. The molecule has 13 heteroatoms. The van der Waals surface area contributed by atoms with E-state index in [2.05, 4.69) is 16.0 Å². The molecule has 0 rings (SSSR count). The van der Waals surface area contributed by atoms with Crippen LogP contribution in [0.3, 0.4) is 0 Å². The van der Waals surface area contributed by atoms with Gasteiger partial charge in [-0.15, -0.1) is 0 Å². The van der Waals surface area contributed by atoms with Crippen LogP contribution in [0.1, 0.15) is 47.0 Å². The van der Waals surface area contributed by atoms with Crippen molar-refractivity contribution >= 4 is 35.6 Å². The summed E-state index contributed by atoms with van der Waals surface area (Å²) in [6.45, 7) is 6.43. The minimum Gasteiger partial charge on any atom is -0.481 e. The average Bonchev–Trinajstić information content (AvgIpc) is 2.65. The highest BCUT2D eigenvalue weighted by atomic mass is 16.4. The first kappa shape index (κ1) is 28.8. The van der Waals surface area contributed by atoms with E-state index in [1.165, 1.54) is 0 Å². The lowest BCUT2D eigenvalue weighted by Gasteiger charge is -2.27. The van der Waals surface area contributed by atoms with E-state index in [4.69, 9.17) is 16.6 Å². The minimum atomic E-state index is -1.47. The Hall–Kier alpha value is -3.22. The number of nitrogens with one attached hydrogen (secondary N) is 3. The van der Waals surface area contributed by atoms with Gasteiger partial charge >= 0.3 is 11.9 Å². The lowest BCUT2D eigenvalue weighted by Crippen LogP contribution is -2.59. The molecular formula is C19H33N5O8. The molecule has 0 aliphatic carbocycles. The summed E-state index contributed by atoms with van der Waals surface area (Å²) in [5, 5.41) is 24.9. The quantitative estimate of drug-likeness (QED) is 0.151. The Morgan fingerprint density at radius 2 is 1.28 bits per heavy atom. The van der Waals surface area contributed by atoms with E-state index in [1.54, 1.807) is 27.7 Å². The van der Waals surface area contributed by atoms with Crippen LogP contribution in [-0.2, 0) is 28.8 Å². The highest BCUT2D eigenvalue weighted by molar-refractivity contribution is 5.96. The van der Waals surface area contributed by atoms with E-state index in [0.717, 1.165) is 0 Å². The van der Waals surface area contributed by atoms with Gasteiger partial charge < -0.3 is 37.6 Å². The average molecular weight is 460 g/mol. The molecule has 0 aliphatic heterocycles. The Morgan fingerprint density at radius 3 is 1.69 bits per heavy atom. The molecule has 0 aromatic heterocycles. The third-order valence-electron chi connectivity index (χ3n) is 4.52. The maximum absolute atomic E-state index is 12.7. The van der Waals surface area contributed by atoms with Crippen LogP contribution in [0.25, 0.3) is 0 Å². The van der Waals surface area contributed by atoms with Gasteiger partial charge in [-0.2, -0.15) is 0 Å². The van der Waals surface area contributed by atoms with Crippen LogP contribution in [0, 0.1) is 11.8 Å². The van der Waals surface area contributed by atoms with Crippen molar-refractivity contribution in [2.24, 2.45) is 23.3 Å². The first-order chi connectivity index (χ1) is 14.7. The molecule has 0 aromatic rings. The van der Waals surface area contributed by atoms with E-state index in [9.17, 15) is 33.9 Å². The Kier molecular flexibility index (Phi) is 11.9. The van der Waals surface area contributed by atoms with E-state index in [-0.39, 0.29) is 12.8 Å². The minimum absolute atomic E-state index is 0.200. The van der Waals surface area contributed by atoms with Crippen LogP contribution in [0.15, 0.2) is 0 Å². The second-order valence-corrected chi connectivity index (χ2v) is 8.07. The fraction of sp³-hybridized carbons (Fsp3) is 0.684. The fourth-order valence-electron chi connectivity index (χ4n) is 2.64. The molecule has 0 fully saturated rings. The molecule has 0 saturated carbocycles. The Labute approximate surface area is 185 Å². The molecule has 13 nitrogen and oxygen atoms in total. The van der Waals surface area contributed by atoms with Crippen molar-refractivity contribution in [2.45, 2.75) is 71.1 Å². The second-order valence-electron chi connectivity index (χ2n) is 8.07. The predicted octanol–water partition coefficient (Wildman–Crippen LogP) is -2.10. The highest BCUT2D eigenvalue weighted by Gasteiger charge is 2.33. The van der Waals surface area contributed by atoms with Crippen LogP contribution < -0.4 is 27.4 Å². The molecule has 4 unspecified atom stereocenters. The number of hydrogen-bond donors (Lipinski definition) is 7. The number of carboxylic acids is 2. The fourth-order valence-corrected chi connectivity index (χ4v) is 2.64. The zero-order valence-corrected chi connectivity index (χ0v) is 18.6. The van der Waals surface area contributed by atoms with Crippen LogP contribution in [0.2, 0.25) is 0 Å². The molecule has 0 heterocycles. The SMILES string of the molecule is CC(C)C(NC(=O)C(NC(=O)C(CC(N)=O)NC(=O)C(N)CCC(=O)O)C(C)C)C(=O)O. The normalized spacial score (nSPS) is 14.7. The van der Waals surface area contributed by atoms with Crippen LogP contribution in [0.4, 0.5) is 0 Å². The smallest absolute Gasteiger partial charge is 0.326 e. The number of hydrogen-bond acceptors (Lipinski definition) is 7. The summed E-state index contributed by atoms with van der Waals surface area (Å²) in [4.78, 5) is 70.9. The summed E-state index contributed by atoms with van der Waals surface area (Å²) in [6.07, 6.45) is -1.17. The summed E-state index contributed by atoms with van der Waals surface area (Å²) in [6, 6.07) is -5.07. The number of nitrogens with two attached hydrogens (primary N) is 2. The van der Waals surface area contributed by atoms with Gasteiger partial charge in [0.2, 0.25) is 23.6 Å². The molecule has 0 aliphatic rings. The maximum atomic E-state index is 12.7. The number of carbonyl (C=O) groups is 6. The lowest BCUT2D eigenvalue weighted by molar-refractivity contribution is -0.144. The summed E-state index contributed by atoms with van der Waals surface area (Å²) < 4.78 is 0.